The molecule has 1 fully saturated rings. The van der Waals surface area contributed by atoms with Crippen molar-refractivity contribution in [2.75, 3.05) is 53.5 Å². The molecule has 0 bridgehead atoms. The van der Waals surface area contributed by atoms with Crippen molar-refractivity contribution in [1.29, 1.82) is 0 Å². The summed E-state index contributed by atoms with van der Waals surface area (Å²) in [5, 5.41) is 0. The van der Waals surface area contributed by atoms with Gasteiger partial charge in [0.15, 0.2) is 0 Å². The van der Waals surface area contributed by atoms with Crippen molar-refractivity contribution in [3.05, 3.63) is 0 Å². The highest BCUT2D eigenvalue weighted by molar-refractivity contribution is 4.72. The van der Waals surface area contributed by atoms with E-state index in [2.05, 4.69) is 16.8 Å². The van der Waals surface area contributed by atoms with Gasteiger partial charge >= 0.3 is 0 Å². The minimum atomic E-state index is 0.156. The van der Waals surface area contributed by atoms with Gasteiger partial charge in [-0.15, -0.1) is 0 Å². The molecule has 4 nitrogen and oxygen atoms in total. The molecule has 0 aromatic heterocycles. The fraction of sp³-hybridized carbons (Fsp3) is 1.00. The average Bonchev–Trinajstić information content (AvgIpc) is 2.32. The molecule has 0 aromatic rings. The van der Waals surface area contributed by atoms with Gasteiger partial charge < -0.3 is 20.3 Å². The van der Waals surface area contributed by atoms with Crippen LogP contribution >= 0.6 is 0 Å². The predicted octanol–water partition coefficient (Wildman–Crippen LogP) is -0.402. The van der Waals surface area contributed by atoms with Crippen molar-refractivity contribution in [3.8, 4) is 0 Å². The first-order valence-electron chi connectivity index (χ1n) is 5.38. The van der Waals surface area contributed by atoms with Crippen LogP contribution in [-0.2, 0) is 4.74 Å². The van der Waals surface area contributed by atoms with Crippen LogP contribution in [0.2, 0.25) is 0 Å². The molecular formula is C10H23N3O. The molecule has 1 aliphatic rings. The van der Waals surface area contributed by atoms with Crippen LogP contribution in [0.4, 0.5) is 0 Å². The number of likely N-dealkylation sites (N-methyl/N-ethyl adjacent to an activating group) is 1. The molecule has 1 atom stereocenters. The lowest BCUT2D eigenvalue weighted by molar-refractivity contribution is 0.154. The maximum atomic E-state index is 5.92. The molecular weight excluding hydrogens is 178 g/mol. The van der Waals surface area contributed by atoms with Gasteiger partial charge in [-0.05, 0) is 26.6 Å². The highest BCUT2D eigenvalue weighted by atomic mass is 16.5. The maximum Gasteiger partial charge on any atom is 0.0626 e. The molecule has 4 heteroatoms. The van der Waals surface area contributed by atoms with E-state index in [0.29, 0.717) is 6.61 Å². The van der Waals surface area contributed by atoms with Crippen LogP contribution in [0.15, 0.2) is 0 Å². The zero-order valence-corrected chi connectivity index (χ0v) is 9.41. The number of rotatable bonds is 4. The number of hydrogen-bond donors (Lipinski definition) is 1. The van der Waals surface area contributed by atoms with Gasteiger partial charge in [0, 0.05) is 32.8 Å². The topological polar surface area (TPSA) is 41.7 Å². The lowest BCUT2D eigenvalue weighted by Gasteiger charge is -2.23. The third kappa shape index (κ3) is 4.37. The maximum absolute atomic E-state index is 5.92. The minimum Gasteiger partial charge on any atom is -0.383 e. The summed E-state index contributed by atoms with van der Waals surface area (Å²) in [5.74, 6) is 0. The average molecular weight is 201 g/mol. The van der Waals surface area contributed by atoms with Gasteiger partial charge in [-0.1, -0.05) is 0 Å². The Hall–Kier alpha value is -0.160. The Labute approximate surface area is 87.0 Å². The Balaban J connectivity index is 2.22. The number of nitrogens with two attached hydrogens (primary N) is 1. The summed E-state index contributed by atoms with van der Waals surface area (Å²) in [7, 11) is 3.88. The Morgan fingerprint density at radius 3 is 2.79 bits per heavy atom. The molecule has 0 saturated carbocycles. The fourth-order valence-electron chi connectivity index (χ4n) is 1.88. The molecule has 0 radical (unpaired) electrons. The molecule has 0 aromatic carbocycles. The quantitative estimate of drug-likeness (QED) is 0.672. The molecule has 1 heterocycles. The standard InChI is InChI=1S/C10H23N3O/c1-12-4-3-5-13(7-6-12)8-10(11)9-14-2/h10H,3-9,11H2,1-2H3. The van der Waals surface area contributed by atoms with Crippen molar-refractivity contribution < 1.29 is 4.74 Å². The van der Waals surface area contributed by atoms with Gasteiger partial charge in [0.2, 0.25) is 0 Å². The van der Waals surface area contributed by atoms with E-state index in [4.69, 9.17) is 10.5 Å². The van der Waals surface area contributed by atoms with Crippen molar-refractivity contribution in [3.63, 3.8) is 0 Å². The van der Waals surface area contributed by atoms with Gasteiger partial charge in [0.25, 0.3) is 0 Å². The van der Waals surface area contributed by atoms with E-state index in [1.54, 1.807) is 7.11 Å². The molecule has 1 saturated heterocycles. The van der Waals surface area contributed by atoms with E-state index in [1.165, 1.54) is 19.5 Å². The first kappa shape index (κ1) is 11.9. The Kier molecular flexibility index (Phi) is 5.40. The Morgan fingerprint density at radius 2 is 2.07 bits per heavy atom. The molecule has 0 spiro atoms. The molecule has 14 heavy (non-hydrogen) atoms. The third-order valence-electron chi connectivity index (χ3n) is 2.69. The number of methoxy groups -OCH3 is 1. The van der Waals surface area contributed by atoms with Gasteiger partial charge in [-0.2, -0.15) is 0 Å². The van der Waals surface area contributed by atoms with E-state index >= 15 is 0 Å². The number of hydrogen-bond acceptors (Lipinski definition) is 4. The molecule has 84 valence electrons. The zero-order chi connectivity index (χ0) is 10.4. The summed E-state index contributed by atoms with van der Waals surface area (Å²) in [5.41, 5.74) is 5.92. The highest BCUT2D eigenvalue weighted by Gasteiger charge is 2.14. The van der Waals surface area contributed by atoms with Crippen LogP contribution in [0.3, 0.4) is 0 Å². The lowest BCUT2D eigenvalue weighted by atomic mass is 10.3. The van der Waals surface area contributed by atoms with Crippen LogP contribution in [0.25, 0.3) is 0 Å². The van der Waals surface area contributed by atoms with Crippen molar-refractivity contribution in [2.24, 2.45) is 5.73 Å². The molecule has 0 amide bonds. The van der Waals surface area contributed by atoms with Crippen molar-refractivity contribution in [2.45, 2.75) is 12.5 Å². The second-order valence-corrected chi connectivity index (χ2v) is 4.17. The largest absolute Gasteiger partial charge is 0.383 e. The fourth-order valence-corrected chi connectivity index (χ4v) is 1.88. The smallest absolute Gasteiger partial charge is 0.0626 e. The van der Waals surface area contributed by atoms with Gasteiger partial charge in [-0.25, -0.2) is 0 Å². The summed E-state index contributed by atoms with van der Waals surface area (Å²) in [6, 6.07) is 0.156. The molecule has 1 unspecified atom stereocenters. The first-order valence-corrected chi connectivity index (χ1v) is 5.38. The van der Waals surface area contributed by atoms with Crippen LogP contribution < -0.4 is 5.73 Å². The van der Waals surface area contributed by atoms with Crippen LogP contribution in [0.5, 0.6) is 0 Å². The minimum absolute atomic E-state index is 0.156. The van der Waals surface area contributed by atoms with Crippen LogP contribution in [0.1, 0.15) is 6.42 Å². The third-order valence-corrected chi connectivity index (χ3v) is 2.69. The Bertz CT molecular complexity index is 154. The second kappa shape index (κ2) is 6.35. The zero-order valence-electron chi connectivity index (χ0n) is 9.41. The van der Waals surface area contributed by atoms with Gasteiger partial charge in [0.05, 0.1) is 6.61 Å². The summed E-state index contributed by atoms with van der Waals surface area (Å²) in [6.45, 7) is 6.28. The molecule has 2 N–H and O–H groups in total. The van der Waals surface area contributed by atoms with E-state index in [1.807, 2.05) is 0 Å². The lowest BCUT2D eigenvalue weighted by Crippen LogP contribution is -2.41. The normalized spacial score (nSPS) is 23.4. The molecule has 1 aliphatic heterocycles. The van der Waals surface area contributed by atoms with Crippen LogP contribution in [-0.4, -0.2) is 69.3 Å². The molecule has 1 rings (SSSR count). The van der Waals surface area contributed by atoms with E-state index in [-0.39, 0.29) is 6.04 Å². The summed E-state index contributed by atoms with van der Waals surface area (Å²) >= 11 is 0. The van der Waals surface area contributed by atoms with Crippen molar-refractivity contribution >= 4 is 0 Å². The number of ether oxygens (including phenoxy) is 1. The van der Waals surface area contributed by atoms with E-state index in [9.17, 15) is 0 Å². The van der Waals surface area contributed by atoms with Gasteiger partial charge in [0.1, 0.15) is 0 Å². The summed E-state index contributed by atoms with van der Waals surface area (Å²) in [6.07, 6.45) is 1.25. The van der Waals surface area contributed by atoms with Gasteiger partial charge in [-0.3, -0.25) is 0 Å². The summed E-state index contributed by atoms with van der Waals surface area (Å²) < 4.78 is 5.04. The van der Waals surface area contributed by atoms with Crippen molar-refractivity contribution in [1.82, 2.24) is 9.80 Å². The van der Waals surface area contributed by atoms with E-state index < -0.39 is 0 Å². The Morgan fingerprint density at radius 1 is 1.29 bits per heavy atom. The summed E-state index contributed by atoms with van der Waals surface area (Å²) in [4.78, 5) is 4.81. The predicted molar refractivity (Wildman–Crippen MR) is 58.4 cm³/mol. The number of nitrogens with zero attached hydrogens (tertiary/aromatic N) is 2. The molecule has 0 aliphatic carbocycles. The first-order chi connectivity index (χ1) is 6.72. The van der Waals surface area contributed by atoms with Crippen LogP contribution in [0, 0.1) is 0 Å². The second-order valence-electron chi connectivity index (χ2n) is 4.17. The van der Waals surface area contributed by atoms with E-state index in [0.717, 1.165) is 19.6 Å². The monoisotopic (exact) mass is 201 g/mol. The SMILES string of the molecule is COCC(N)CN1CCCN(C)CC1. The highest BCUT2D eigenvalue weighted by Crippen LogP contribution is 2.01.